The minimum absolute atomic E-state index is 0.0236. The molecule has 0 heterocycles. The third-order valence-electron chi connectivity index (χ3n) is 6.15. The van der Waals surface area contributed by atoms with E-state index in [1.807, 2.05) is 16.7 Å². The Morgan fingerprint density at radius 3 is 1.18 bits per heavy atom. The zero-order chi connectivity index (χ0) is 15.2. The average Bonchev–Trinajstić information content (AvgIpc) is 2.97. The van der Waals surface area contributed by atoms with Crippen LogP contribution < -0.4 is 0 Å². The van der Waals surface area contributed by atoms with Gasteiger partial charge in [0.15, 0.2) is 0 Å². The molecule has 1 N–H and O–H groups in total. The minimum atomic E-state index is -0.0236. The molecule has 3 saturated carbocycles. The van der Waals surface area contributed by atoms with E-state index in [-0.39, 0.29) is 6.10 Å². The van der Waals surface area contributed by atoms with Crippen LogP contribution in [0.1, 0.15) is 103 Å². The second kappa shape index (κ2) is 8.34. The van der Waals surface area contributed by atoms with Crippen molar-refractivity contribution in [1.82, 2.24) is 0 Å². The third kappa shape index (κ3) is 4.47. The highest BCUT2D eigenvalue weighted by molar-refractivity contribution is 5.21. The van der Waals surface area contributed by atoms with Crippen LogP contribution in [0.25, 0.3) is 0 Å². The van der Waals surface area contributed by atoms with E-state index < -0.39 is 0 Å². The second-order valence-electron chi connectivity index (χ2n) is 7.77. The second-order valence-corrected chi connectivity index (χ2v) is 7.77. The predicted molar refractivity (Wildman–Crippen MR) is 93.9 cm³/mol. The summed E-state index contributed by atoms with van der Waals surface area (Å²) in [5, 5.41) is 9.80. The summed E-state index contributed by atoms with van der Waals surface area (Å²) in [4.78, 5) is 0. The van der Waals surface area contributed by atoms with Gasteiger partial charge in [0, 0.05) is 0 Å². The Bertz CT molecular complexity index is 395. The number of hydrogen-bond acceptors (Lipinski definition) is 1. The van der Waals surface area contributed by atoms with Crippen LogP contribution in [-0.2, 0) is 0 Å². The molecule has 0 aromatic rings. The highest BCUT2D eigenvalue weighted by Crippen LogP contribution is 2.36. The standard InChI is InChI=1S/C21H34O/c22-21-15-5-13-20(14-6-16-21)19-11-3-9-18(10-4-12-19)17-7-1-2-8-17/h21-22H,1-16H2. The summed E-state index contributed by atoms with van der Waals surface area (Å²) in [5.41, 5.74) is 7.29. The molecule has 0 spiro atoms. The third-order valence-corrected chi connectivity index (χ3v) is 6.15. The molecule has 124 valence electrons. The number of aliphatic hydroxyl groups excluding tert-OH is 1. The van der Waals surface area contributed by atoms with E-state index in [0.29, 0.717) is 0 Å². The van der Waals surface area contributed by atoms with Crippen LogP contribution >= 0.6 is 0 Å². The predicted octanol–water partition coefficient (Wildman–Crippen LogP) is 6.22. The lowest BCUT2D eigenvalue weighted by molar-refractivity contribution is 0.146. The monoisotopic (exact) mass is 302 g/mol. The number of hydrogen-bond donors (Lipinski definition) is 1. The van der Waals surface area contributed by atoms with Gasteiger partial charge in [-0.05, 0) is 103 Å². The van der Waals surface area contributed by atoms with Crippen LogP contribution in [0.4, 0.5) is 0 Å². The average molecular weight is 303 g/mol. The van der Waals surface area contributed by atoms with Gasteiger partial charge in [-0.25, -0.2) is 0 Å². The SMILES string of the molecule is OC1CCCC(=C2CCCC(=C3CCCC3)CCC2)CCC1. The number of allylic oxidation sites excluding steroid dienone is 4. The van der Waals surface area contributed by atoms with E-state index in [9.17, 15) is 5.11 Å². The van der Waals surface area contributed by atoms with Crippen LogP contribution in [0.15, 0.2) is 22.3 Å². The molecule has 0 atom stereocenters. The first-order chi connectivity index (χ1) is 10.8. The molecule has 0 radical (unpaired) electrons. The molecule has 0 unspecified atom stereocenters. The minimum Gasteiger partial charge on any atom is -0.393 e. The van der Waals surface area contributed by atoms with E-state index in [4.69, 9.17) is 0 Å². The molecule has 0 saturated heterocycles. The summed E-state index contributed by atoms with van der Waals surface area (Å²) in [6, 6.07) is 0. The van der Waals surface area contributed by atoms with E-state index in [2.05, 4.69) is 0 Å². The van der Waals surface area contributed by atoms with Crippen molar-refractivity contribution in [3.63, 3.8) is 0 Å². The molecule has 0 aromatic heterocycles. The van der Waals surface area contributed by atoms with Crippen molar-refractivity contribution in [3.8, 4) is 0 Å². The maximum Gasteiger partial charge on any atom is 0.0540 e. The molecule has 3 aliphatic carbocycles. The fraction of sp³-hybridized carbons (Fsp3) is 0.810. The summed E-state index contributed by atoms with van der Waals surface area (Å²) >= 11 is 0. The van der Waals surface area contributed by atoms with Crippen LogP contribution in [-0.4, -0.2) is 11.2 Å². The Balaban J connectivity index is 1.60. The Labute approximate surface area is 136 Å². The van der Waals surface area contributed by atoms with Gasteiger partial charge in [-0.1, -0.05) is 22.3 Å². The normalized spacial score (nSPS) is 29.0. The van der Waals surface area contributed by atoms with Gasteiger partial charge in [0.05, 0.1) is 6.10 Å². The highest BCUT2D eigenvalue weighted by Gasteiger charge is 2.17. The van der Waals surface area contributed by atoms with Gasteiger partial charge in [-0.15, -0.1) is 0 Å². The van der Waals surface area contributed by atoms with Crippen molar-refractivity contribution in [2.75, 3.05) is 0 Å². The lowest BCUT2D eigenvalue weighted by atomic mass is 9.84. The van der Waals surface area contributed by atoms with Crippen molar-refractivity contribution in [2.45, 2.75) is 109 Å². The molecule has 0 amide bonds. The molecule has 22 heavy (non-hydrogen) atoms. The van der Waals surface area contributed by atoms with E-state index in [1.165, 1.54) is 89.9 Å². The first-order valence-electron chi connectivity index (χ1n) is 9.90. The fourth-order valence-electron chi connectivity index (χ4n) is 4.87. The smallest absolute Gasteiger partial charge is 0.0540 e. The van der Waals surface area contributed by atoms with Crippen molar-refractivity contribution < 1.29 is 5.11 Å². The van der Waals surface area contributed by atoms with Gasteiger partial charge in [0.2, 0.25) is 0 Å². The molecule has 0 aliphatic heterocycles. The lowest BCUT2D eigenvalue weighted by Gasteiger charge is -2.23. The Morgan fingerprint density at radius 2 is 0.773 bits per heavy atom. The van der Waals surface area contributed by atoms with Gasteiger partial charge < -0.3 is 5.11 Å². The Kier molecular flexibility index (Phi) is 6.18. The van der Waals surface area contributed by atoms with Gasteiger partial charge >= 0.3 is 0 Å². The summed E-state index contributed by atoms with van der Waals surface area (Å²) in [6.07, 6.45) is 20.9. The summed E-state index contributed by atoms with van der Waals surface area (Å²) in [7, 11) is 0. The zero-order valence-corrected chi connectivity index (χ0v) is 14.3. The topological polar surface area (TPSA) is 20.2 Å². The van der Waals surface area contributed by atoms with Crippen LogP contribution in [0.3, 0.4) is 0 Å². The van der Waals surface area contributed by atoms with Gasteiger partial charge in [0.1, 0.15) is 0 Å². The molecule has 1 heteroatoms. The van der Waals surface area contributed by atoms with Crippen LogP contribution in [0.2, 0.25) is 0 Å². The molecule has 3 aliphatic rings. The molecular weight excluding hydrogens is 268 g/mol. The molecule has 0 aromatic carbocycles. The summed E-state index contributed by atoms with van der Waals surface area (Å²) in [5.74, 6) is 0. The highest BCUT2D eigenvalue weighted by atomic mass is 16.3. The van der Waals surface area contributed by atoms with E-state index in [0.717, 1.165) is 12.8 Å². The van der Waals surface area contributed by atoms with Gasteiger partial charge in [0.25, 0.3) is 0 Å². The fourth-order valence-corrected chi connectivity index (χ4v) is 4.87. The van der Waals surface area contributed by atoms with Crippen LogP contribution in [0, 0.1) is 0 Å². The Morgan fingerprint density at radius 1 is 0.455 bits per heavy atom. The first kappa shape index (κ1) is 16.3. The number of rotatable bonds is 0. The summed E-state index contributed by atoms with van der Waals surface area (Å²) in [6.45, 7) is 0. The number of aliphatic hydroxyl groups is 1. The van der Waals surface area contributed by atoms with Crippen molar-refractivity contribution in [3.05, 3.63) is 22.3 Å². The molecule has 3 fully saturated rings. The van der Waals surface area contributed by atoms with E-state index >= 15 is 0 Å². The lowest BCUT2D eigenvalue weighted by Crippen LogP contribution is -2.10. The first-order valence-corrected chi connectivity index (χ1v) is 9.90. The van der Waals surface area contributed by atoms with Crippen molar-refractivity contribution >= 4 is 0 Å². The summed E-state index contributed by atoms with van der Waals surface area (Å²) < 4.78 is 0. The quantitative estimate of drug-likeness (QED) is 0.526. The molecule has 1 nitrogen and oxygen atoms in total. The zero-order valence-electron chi connectivity index (χ0n) is 14.3. The molecular formula is C21H34O. The van der Waals surface area contributed by atoms with Crippen molar-refractivity contribution in [1.29, 1.82) is 0 Å². The molecule has 3 rings (SSSR count). The maximum atomic E-state index is 9.80. The van der Waals surface area contributed by atoms with Crippen molar-refractivity contribution in [2.24, 2.45) is 0 Å². The largest absolute Gasteiger partial charge is 0.393 e. The maximum absolute atomic E-state index is 9.80. The Hall–Kier alpha value is -0.560. The van der Waals surface area contributed by atoms with E-state index in [1.54, 1.807) is 5.57 Å². The van der Waals surface area contributed by atoms with Gasteiger partial charge in [-0.3, -0.25) is 0 Å². The molecule has 0 bridgehead atoms. The van der Waals surface area contributed by atoms with Gasteiger partial charge in [-0.2, -0.15) is 0 Å². The van der Waals surface area contributed by atoms with Crippen LogP contribution in [0.5, 0.6) is 0 Å².